The molecule has 0 aliphatic heterocycles. The van der Waals surface area contributed by atoms with E-state index >= 15 is 0 Å². The number of nitrogens with two attached hydrogens (primary N) is 1. The fourth-order valence-electron chi connectivity index (χ4n) is 3.24. The lowest BCUT2D eigenvalue weighted by Crippen LogP contribution is -2.41. The van der Waals surface area contributed by atoms with Gasteiger partial charge in [0.2, 0.25) is 0 Å². The number of carbonyl (C=O) groups is 1. The van der Waals surface area contributed by atoms with Gasteiger partial charge in [0.1, 0.15) is 10.4 Å². The Bertz CT molecular complexity index is 652. The van der Waals surface area contributed by atoms with E-state index in [1.807, 2.05) is 12.1 Å². The summed E-state index contributed by atoms with van der Waals surface area (Å²) in [6.45, 7) is 2.20. The highest BCUT2D eigenvalue weighted by Gasteiger charge is 2.27. The van der Waals surface area contributed by atoms with E-state index in [0.29, 0.717) is 16.5 Å². The zero-order chi connectivity index (χ0) is 14.8. The minimum Gasteiger partial charge on any atom is -0.396 e. The van der Waals surface area contributed by atoms with E-state index < -0.39 is 0 Å². The van der Waals surface area contributed by atoms with E-state index in [4.69, 9.17) is 5.73 Å². The van der Waals surface area contributed by atoms with Crippen LogP contribution in [-0.4, -0.2) is 16.9 Å². The maximum Gasteiger partial charge on any atom is 0.263 e. The molecule has 0 bridgehead atoms. The lowest BCUT2D eigenvalue weighted by Gasteiger charge is -2.31. The van der Waals surface area contributed by atoms with Gasteiger partial charge in [-0.2, -0.15) is 0 Å². The Balaban J connectivity index is 1.82. The second-order valence-electron chi connectivity index (χ2n) is 5.73. The summed E-state index contributed by atoms with van der Waals surface area (Å²) in [7, 11) is 0. The van der Waals surface area contributed by atoms with Crippen molar-refractivity contribution in [1.29, 1.82) is 0 Å². The van der Waals surface area contributed by atoms with Crippen LogP contribution in [0.15, 0.2) is 18.3 Å². The van der Waals surface area contributed by atoms with Gasteiger partial charge in [-0.05, 0) is 30.9 Å². The van der Waals surface area contributed by atoms with Gasteiger partial charge < -0.3 is 11.1 Å². The standard InChI is InChI=1S/C16H21N3OS/c1-2-10-6-3-4-7-11(10)19-16(20)15-13(17)14-12(21-15)8-5-9-18-14/h5,8-11H,2-4,6-7,17H2,1H3,(H,19,20). The molecule has 3 rings (SSSR count). The molecule has 2 heterocycles. The molecule has 2 aromatic rings. The van der Waals surface area contributed by atoms with Gasteiger partial charge in [0.25, 0.3) is 5.91 Å². The molecule has 112 valence electrons. The topological polar surface area (TPSA) is 68.0 Å². The van der Waals surface area contributed by atoms with Crippen molar-refractivity contribution in [2.45, 2.75) is 45.1 Å². The number of nitrogens with one attached hydrogen (secondary N) is 1. The fourth-order valence-corrected chi connectivity index (χ4v) is 4.22. The highest BCUT2D eigenvalue weighted by molar-refractivity contribution is 7.21. The lowest BCUT2D eigenvalue weighted by atomic mass is 9.83. The number of rotatable bonds is 3. The first-order valence-corrected chi connectivity index (χ1v) is 8.46. The minimum atomic E-state index is -0.0409. The Kier molecular flexibility index (Phi) is 4.10. The van der Waals surface area contributed by atoms with Crippen LogP contribution in [-0.2, 0) is 0 Å². The molecule has 3 N–H and O–H groups in total. The first kappa shape index (κ1) is 14.3. The molecule has 2 aromatic heterocycles. The summed E-state index contributed by atoms with van der Waals surface area (Å²) in [5.41, 5.74) is 7.35. The number of pyridine rings is 1. The highest BCUT2D eigenvalue weighted by atomic mass is 32.1. The summed E-state index contributed by atoms with van der Waals surface area (Å²) in [6, 6.07) is 4.11. The molecule has 0 spiro atoms. The number of nitrogen functional groups attached to an aromatic ring is 1. The number of carbonyl (C=O) groups excluding carboxylic acids is 1. The van der Waals surface area contributed by atoms with Crippen LogP contribution in [0.1, 0.15) is 48.7 Å². The van der Waals surface area contributed by atoms with E-state index in [-0.39, 0.29) is 11.9 Å². The lowest BCUT2D eigenvalue weighted by molar-refractivity contribution is 0.0910. The maximum atomic E-state index is 12.6. The Morgan fingerprint density at radius 2 is 2.29 bits per heavy atom. The fraction of sp³-hybridized carbons (Fsp3) is 0.500. The largest absolute Gasteiger partial charge is 0.396 e. The van der Waals surface area contributed by atoms with Crippen molar-refractivity contribution >= 4 is 33.1 Å². The zero-order valence-corrected chi connectivity index (χ0v) is 13.1. The number of hydrogen-bond acceptors (Lipinski definition) is 4. The van der Waals surface area contributed by atoms with Crippen LogP contribution in [0.25, 0.3) is 10.2 Å². The number of fused-ring (bicyclic) bond motifs is 1. The third-order valence-corrected chi connectivity index (χ3v) is 5.60. The van der Waals surface area contributed by atoms with Gasteiger partial charge in [-0.1, -0.05) is 26.2 Å². The van der Waals surface area contributed by atoms with E-state index in [9.17, 15) is 4.79 Å². The second-order valence-corrected chi connectivity index (χ2v) is 6.78. The summed E-state index contributed by atoms with van der Waals surface area (Å²) in [4.78, 5) is 17.4. The molecule has 1 fully saturated rings. The molecule has 4 nitrogen and oxygen atoms in total. The minimum absolute atomic E-state index is 0.0409. The molecule has 2 unspecified atom stereocenters. The van der Waals surface area contributed by atoms with Crippen LogP contribution in [0.5, 0.6) is 0 Å². The molecule has 0 radical (unpaired) electrons. The molecule has 1 aliphatic carbocycles. The number of aromatic nitrogens is 1. The summed E-state index contributed by atoms with van der Waals surface area (Å²) >= 11 is 1.43. The SMILES string of the molecule is CCC1CCCCC1NC(=O)c1sc2cccnc2c1N. The molecular formula is C16H21N3OS. The number of hydrogen-bond donors (Lipinski definition) is 2. The molecule has 21 heavy (non-hydrogen) atoms. The highest BCUT2D eigenvalue weighted by Crippen LogP contribution is 2.33. The molecule has 0 saturated heterocycles. The van der Waals surface area contributed by atoms with Crippen molar-refractivity contribution in [3.05, 3.63) is 23.2 Å². The van der Waals surface area contributed by atoms with Gasteiger partial charge in [-0.15, -0.1) is 11.3 Å². The Morgan fingerprint density at radius 3 is 3.05 bits per heavy atom. The van der Waals surface area contributed by atoms with E-state index in [1.54, 1.807) is 6.20 Å². The van der Waals surface area contributed by atoms with Gasteiger partial charge in [-0.25, -0.2) is 0 Å². The van der Waals surface area contributed by atoms with Crippen LogP contribution < -0.4 is 11.1 Å². The summed E-state index contributed by atoms with van der Waals surface area (Å²) in [6.07, 6.45) is 7.60. The average molecular weight is 303 g/mol. The van der Waals surface area contributed by atoms with Crippen molar-refractivity contribution in [2.75, 3.05) is 5.73 Å². The first-order valence-electron chi connectivity index (χ1n) is 7.64. The van der Waals surface area contributed by atoms with Gasteiger partial charge in [0, 0.05) is 12.2 Å². The van der Waals surface area contributed by atoms with E-state index in [0.717, 1.165) is 23.1 Å². The number of thiophene rings is 1. The Morgan fingerprint density at radius 1 is 1.48 bits per heavy atom. The Labute approximate surface area is 128 Å². The van der Waals surface area contributed by atoms with Crippen molar-refractivity contribution < 1.29 is 4.79 Å². The van der Waals surface area contributed by atoms with Gasteiger partial charge in [0.15, 0.2) is 0 Å². The molecular weight excluding hydrogens is 282 g/mol. The second kappa shape index (κ2) is 6.02. The third kappa shape index (κ3) is 2.75. The van der Waals surface area contributed by atoms with E-state index in [2.05, 4.69) is 17.2 Å². The van der Waals surface area contributed by atoms with Crippen LogP contribution in [0.3, 0.4) is 0 Å². The quantitative estimate of drug-likeness (QED) is 0.910. The van der Waals surface area contributed by atoms with Crippen molar-refractivity contribution in [3.8, 4) is 0 Å². The number of nitrogens with zero attached hydrogens (tertiary/aromatic N) is 1. The summed E-state index contributed by atoms with van der Waals surface area (Å²) in [5, 5.41) is 3.20. The van der Waals surface area contributed by atoms with Gasteiger partial charge in [0.05, 0.1) is 10.4 Å². The smallest absolute Gasteiger partial charge is 0.263 e. The monoisotopic (exact) mass is 303 g/mol. The van der Waals surface area contributed by atoms with Crippen LogP contribution in [0, 0.1) is 5.92 Å². The normalized spacial score (nSPS) is 22.3. The maximum absolute atomic E-state index is 12.6. The Hall–Kier alpha value is -1.62. The first-order chi connectivity index (χ1) is 10.2. The molecule has 2 atom stereocenters. The van der Waals surface area contributed by atoms with Crippen molar-refractivity contribution in [1.82, 2.24) is 10.3 Å². The predicted molar refractivity (Wildman–Crippen MR) is 87.5 cm³/mol. The van der Waals surface area contributed by atoms with Crippen molar-refractivity contribution in [3.63, 3.8) is 0 Å². The van der Waals surface area contributed by atoms with Crippen LogP contribution in [0.2, 0.25) is 0 Å². The molecule has 1 saturated carbocycles. The van der Waals surface area contributed by atoms with Crippen molar-refractivity contribution in [2.24, 2.45) is 5.92 Å². The van der Waals surface area contributed by atoms with Crippen LogP contribution in [0.4, 0.5) is 5.69 Å². The van der Waals surface area contributed by atoms with Gasteiger partial charge in [-0.3, -0.25) is 9.78 Å². The predicted octanol–water partition coefficient (Wildman–Crippen LogP) is 3.58. The van der Waals surface area contributed by atoms with E-state index in [1.165, 1.54) is 30.6 Å². The average Bonchev–Trinajstić information content (AvgIpc) is 2.85. The molecule has 0 aromatic carbocycles. The molecule has 5 heteroatoms. The van der Waals surface area contributed by atoms with Gasteiger partial charge >= 0.3 is 0 Å². The summed E-state index contributed by atoms with van der Waals surface area (Å²) in [5.74, 6) is 0.553. The number of amides is 1. The molecule has 1 amide bonds. The third-order valence-electron chi connectivity index (χ3n) is 4.44. The van der Waals surface area contributed by atoms with Crippen LogP contribution >= 0.6 is 11.3 Å². The molecule has 1 aliphatic rings. The number of anilines is 1. The summed E-state index contributed by atoms with van der Waals surface area (Å²) < 4.78 is 0.968. The zero-order valence-electron chi connectivity index (χ0n) is 12.3.